The standard InChI is InChI=1S/C12H13FN4/c1-7-3-4-10(9(13)5-7)16-11-8(2)6-15-12(14)17-11/h3-6H,1-2H3,(H3,14,15,16,17). The summed E-state index contributed by atoms with van der Waals surface area (Å²) in [6, 6.07) is 4.95. The second-order valence-corrected chi connectivity index (χ2v) is 3.87. The molecule has 0 saturated heterocycles. The zero-order chi connectivity index (χ0) is 12.4. The summed E-state index contributed by atoms with van der Waals surface area (Å²) in [5, 5.41) is 2.90. The van der Waals surface area contributed by atoms with Crippen molar-refractivity contribution in [3.05, 3.63) is 41.3 Å². The molecule has 1 aromatic carbocycles. The lowest BCUT2D eigenvalue weighted by Gasteiger charge is -2.09. The summed E-state index contributed by atoms with van der Waals surface area (Å²) in [5.41, 5.74) is 7.53. The Morgan fingerprint density at radius 1 is 1.29 bits per heavy atom. The van der Waals surface area contributed by atoms with E-state index in [0.717, 1.165) is 11.1 Å². The number of nitrogens with zero attached hydrogens (tertiary/aromatic N) is 2. The first kappa shape index (κ1) is 11.3. The molecule has 0 amide bonds. The number of nitrogens with one attached hydrogen (secondary N) is 1. The van der Waals surface area contributed by atoms with E-state index in [2.05, 4.69) is 15.3 Å². The summed E-state index contributed by atoms with van der Waals surface area (Å²) >= 11 is 0. The minimum atomic E-state index is -0.318. The van der Waals surface area contributed by atoms with Crippen molar-refractivity contribution in [3.63, 3.8) is 0 Å². The molecule has 2 aromatic rings. The van der Waals surface area contributed by atoms with Gasteiger partial charge in [-0.05, 0) is 31.5 Å². The number of aryl methyl sites for hydroxylation is 2. The van der Waals surface area contributed by atoms with Crippen molar-refractivity contribution in [2.24, 2.45) is 0 Å². The molecule has 0 bridgehead atoms. The topological polar surface area (TPSA) is 63.8 Å². The largest absolute Gasteiger partial charge is 0.368 e. The number of hydrogen-bond acceptors (Lipinski definition) is 4. The van der Waals surface area contributed by atoms with Gasteiger partial charge in [-0.1, -0.05) is 6.07 Å². The van der Waals surface area contributed by atoms with E-state index in [4.69, 9.17) is 5.73 Å². The molecular formula is C12H13FN4. The number of rotatable bonds is 2. The average molecular weight is 232 g/mol. The minimum Gasteiger partial charge on any atom is -0.368 e. The molecule has 0 aliphatic rings. The maximum absolute atomic E-state index is 13.6. The van der Waals surface area contributed by atoms with Crippen molar-refractivity contribution in [3.8, 4) is 0 Å². The summed E-state index contributed by atoms with van der Waals surface area (Å²) in [6.45, 7) is 3.66. The molecule has 0 radical (unpaired) electrons. The van der Waals surface area contributed by atoms with Gasteiger partial charge in [0.25, 0.3) is 0 Å². The molecule has 1 aromatic heterocycles. The molecule has 5 heteroatoms. The fraction of sp³-hybridized carbons (Fsp3) is 0.167. The van der Waals surface area contributed by atoms with Crippen LogP contribution in [0.3, 0.4) is 0 Å². The van der Waals surface area contributed by atoms with Gasteiger partial charge in [0, 0.05) is 11.8 Å². The second kappa shape index (κ2) is 4.37. The van der Waals surface area contributed by atoms with Gasteiger partial charge >= 0.3 is 0 Å². The normalized spacial score (nSPS) is 10.3. The van der Waals surface area contributed by atoms with Crippen LogP contribution in [0.25, 0.3) is 0 Å². The van der Waals surface area contributed by atoms with Crippen LogP contribution in [0.15, 0.2) is 24.4 Å². The molecular weight excluding hydrogens is 219 g/mol. The van der Waals surface area contributed by atoms with Crippen molar-refractivity contribution in [1.29, 1.82) is 0 Å². The van der Waals surface area contributed by atoms with E-state index in [9.17, 15) is 4.39 Å². The third-order valence-electron chi connectivity index (χ3n) is 2.37. The van der Waals surface area contributed by atoms with Gasteiger partial charge in [-0.2, -0.15) is 4.98 Å². The molecule has 0 fully saturated rings. The fourth-order valence-corrected chi connectivity index (χ4v) is 1.43. The molecule has 17 heavy (non-hydrogen) atoms. The van der Waals surface area contributed by atoms with Gasteiger partial charge in [0.15, 0.2) is 0 Å². The highest BCUT2D eigenvalue weighted by atomic mass is 19.1. The predicted molar refractivity (Wildman–Crippen MR) is 65.6 cm³/mol. The number of benzene rings is 1. The van der Waals surface area contributed by atoms with Crippen molar-refractivity contribution < 1.29 is 4.39 Å². The van der Waals surface area contributed by atoms with Crippen LogP contribution in [-0.4, -0.2) is 9.97 Å². The Morgan fingerprint density at radius 3 is 2.76 bits per heavy atom. The van der Waals surface area contributed by atoms with E-state index >= 15 is 0 Å². The summed E-state index contributed by atoms with van der Waals surface area (Å²) < 4.78 is 13.6. The van der Waals surface area contributed by atoms with Crippen LogP contribution in [0.1, 0.15) is 11.1 Å². The van der Waals surface area contributed by atoms with Crippen LogP contribution in [0, 0.1) is 19.7 Å². The molecule has 3 N–H and O–H groups in total. The molecule has 0 aliphatic heterocycles. The van der Waals surface area contributed by atoms with Crippen LogP contribution in [0.2, 0.25) is 0 Å². The Labute approximate surface area is 98.7 Å². The van der Waals surface area contributed by atoms with Crippen LogP contribution in [0.5, 0.6) is 0 Å². The van der Waals surface area contributed by atoms with Gasteiger partial charge in [0.05, 0.1) is 5.69 Å². The molecule has 4 nitrogen and oxygen atoms in total. The predicted octanol–water partition coefficient (Wildman–Crippen LogP) is 2.56. The van der Waals surface area contributed by atoms with E-state index in [0.29, 0.717) is 11.5 Å². The van der Waals surface area contributed by atoms with Gasteiger partial charge in [0.1, 0.15) is 11.6 Å². The summed E-state index contributed by atoms with van der Waals surface area (Å²) in [4.78, 5) is 7.87. The lowest BCUT2D eigenvalue weighted by molar-refractivity contribution is 0.630. The Morgan fingerprint density at radius 2 is 2.06 bits per heavy atom. The molecule has 0 spiro atoms. The number of hydrogen-bond donors (Lipinski definition) is 2. The van der Waals surface area contributed by atoms with Gasteiger partial charge in [-0.3, -0.25) is 0 Å². The smallest absolute Gasteiger partial charge is 0.221 e. The molecule has 88 valence electrons. The van der Waals surface area contributed by atoms with E-state index in [1.807, 2.05) is 19.9 Å². The zero-order valence-corrected chi connectivity index (χ0v) is 9.66. The number of aromatic nitrogens is 2. The van der Waals surface area contributed by atoms with Crippen LogP contribution >= 0.6 is 0 Å². The first-order chi connectivity index (χ1) is 8.06. The molecule has 1 heterocycles. The van der Waals surface area contributed by atoms with Crippen LogP contribution in [-0.2, 0) is 0 Å². The van der Waals surface area contributed by atoms with Gasteiger partial charge in [-0.15, -0.1) is 0 Å². The first-order valence-electron chi connectivity index (χ1n) is 5.18. The molecule has 0 aliphatic carbocycles. The van der Waals surface area contributed by atoms with Crippen molar-refractivity contribution in [2.45, 2.75) is 13.8 Å². The fourth-order valence-electron chi connectivity index (χ4n) is 1.43. The molecule has 0 atom stereocenters. The van der Waals surface area contributed by atoms with Gasteiger partial charge in [0.2, 0.25) is 5.95 Å². The van der Waals surface area contributed by atoms with Crippen molar-refractivity contribution in [2.75, 3.05) is 11.1 Å². The number of anilines is 3. The maximum atomic E-state index is 13.6. The van der Waals surface area contributed by atoms with E-state index in [1.165, 1.54) is 6.07 Å². The average Bonchev–Trinajstić information content (AvgIpc) is 2.27. The van der Waals surface area contributed by atoms with Crippen molar-refractivity contribution in [1.82, 2.24) is 9.97 Å². The molecule has 0 unspecified atom stereocenters. The third kappa shape index (κ3) is 2.50. The second-order valence-electron chi connectivity index (χ2n) is 3.87. The highest BCUT2D eigenvalue weighted by Gasteiger charge is 2.06. The summed E-state index contributed by atoms with van der Waals surface area (Å²) in [7, 11) is 0. The zero-order valence-electron chi connectivity index (χ0n) is 9.66. The van der Waals surface area contributed by atoms with Gasteiger partial charge < -0.3 is 11.1 Å². The maximum Gasteiger partial charge on any atom is 0.221 e. The van der Waals surface area contributed by atoms with E-state index in [-0.39, 0.29) is 11.8 Å². The Kier molecular flexibility index (Phi) is 2.91. The monoisotopic (exact) mass is 232 g/mol. The first-order valence-corrected chi connectivity index (χ1v) is 5.18. The Balaban J connectivity index is 2.34. The number of halogens is 1. The Hall–Kier alpha value is -2.17. The Bertz CT molecular complexity index is 554. The number of nitrogen functional groups attached to an aromatic ring is 1. The van der Waals surface area contributed by atoms with Crippen LogP contribution in [0.4, 0.5) is 21.8 Å². The lowest BCUT2D eigenvalue weighted by atomic mass is 10.2. The van der Waals surface area contributed by atoms with Crippen LogP contribution < -0.4 is 11.1 Å². The van der Waals surface area contributed by atoms with Crippen molar-refractivity contribution >= 4 is 17.5 Å². The SMILES string of the molecule is Cc1ccc(Nc2nc(N)ncc2C)c(F)c1. The third-order valence-corrected chi connectivity index (χ3v) is 2.37. The van der Waals surface area contributed by atoms with Gasteiger partial charge in [-0.25, -0.2) is 9.37 Å². The summed E-state index contributed by atoms with van der Waals surface area (Å²) in [5.74, 6) is 0.354. The lowest BCUT2D eigenvalue weighted by Crippen LogP contribution is -2.03. The highest BCUT2D eigenvalue weighted by Crippen LogP contribution is 2.21. The quantitative estimate of drug-likeness (QED) is 0.835. The molecule has 0 saturated carbocycles. The highest BCUT2D eigenvalue weighted by molar-refractivity contribution is 5.60. The van der Waals surface area contributed by atoms with E-state index in [1.54, 1.807) is 12.3 Å². The molecule has 2 rings (SSSR count). The minimum absolute atomic E-state index is 0.158. The number of nitrogens with two attached hydrogens (primary N) is 1. The van der Waals surface area contributed by atoms with E-state index < -0.39 is 0 Å². The summed E-state index contributed by atoms with van der Waals surface area (Å²) in [6.07, 6.45) is 1.59.